The maximum absolute atomic E-state index is 14.0. The SMILES string of the molecule is Cc1ccc(-n2c(C)cc(C(=O)COC(=O)C3CCN(S(N)(=O)=O)CC3)c2C)cc1F. The van der Waals surface area contributed by atoms with Gasteiger partial charge in [-0.15, -0.1) is 0 Å². The van der Waals surface area contributed by atoms with E-state index in [0.717, 1.165) is 10.00 Å². The third-order valence-corrected chi connectivity index (χ3v) is 6.72. The van der Waals surface area contributed by atoms with Gasteiger partial charge in [-0.2, -0.15) is 12.7 Å². The number of carbonyl (C=O) groups excluding carboxylic acids is 2. The molecular formula is C21H26FN3O5S. The van der Waals surface area contributed by atoms with Crippen LogP contribution in [0.1, 0.15) is 40.2 Å². The van der Waals surface area contributed by atoms with Gasteiger partial charge in [0, 0.05) is 35.7 Å². The Morgan fingerprint density at radius 1 is 1.16 bits per heavy atom. The quantitative estimate of drug-likeness (QED) is 0.534. The van der Waals surface area contributed by atoms with E-state index in [-0.39, 0.29) is 37.5 Å². The van der Waals surface area contributed by atoms with Crippen LogP contribution in [0.25, 0.3) is 5.69 Å². The number of aryl methyl sites for hydroxylation is 2. The summed E-state index contributed by atoms with van der Waals surface area (Å²) in [5.74, 6) is -1.70. The highest BCUT2D eigenvalue weighted by atomic mass is 32.2. The van der Waals surface area contributed by atoms with Crippen molar-refractivity contribution in [1.82, 2.24) is 8.87 Å². The lowest BCUT2D eigenvalue weighted by atomic mass is 9.98. The van der Waals surface area contributed by atoms with Crippen LogP contribution >= 0.6 is 0 Å². The van der Waals surface area contributed by atoms with Crippen LogP contribution < -0.4 is 5.14 Å². The largest absolute Gasteiger partial charge is 0.457 e. The molecule has 168 valence electrons. The molecule has 3 rings (SSSR count). The summed E-state index contributed by atoms with van der Waals surface area (Å²) in [5.41, 5.74) is 2.92. The van der Waals surface area contributed by atoms with Crippen molar-refractivity contribution in [2.45, 2.75) is 33.6 Å². The van der Waals surface area contributed by atoms with Gasteiger partial charge in [-0.3, -0.25) is 9.59 Å². The van der Waals surface area contributed by atoms with E-state index in [1.807, 2.05) is 6.92 Å². The van der Waals surface area contributed by atoms with Gasteiger partial charge in [-0.25, -0.2) is 9.53 Å². The predicted octanol–water partition coefficient (Wildman–Crippen LogP) is 2.18. The molecule has 2 N–H and O–H groups in total. The molecule has 31 heavy (non-hydrogen) atoms. The summed E-state index contributed by atoms with van der Waals surface area (Å²) in [7, 11) is -3.77. The van der Waals surface area contributed by atoms with Crippen LogP contribution in [0.2, 0.25) is 0 Å². The summed E-state index contributed by atoms with van der Waals surface area (Å²) in [6.07, 6.45) is 0.577. The molecule has 0 unspecified atom stereocenters. The zero-order valence-corrected chi connectivity index (χ0v) is 18.5. The zero-order chi connectivity index (χ0) is 22.9. The molecule has 1 aliphatic rings. The van der Waals surface area contributed by atoms with Crippen molar-refractivity contribution in [1.29, 1.82) is 0 Å². The first-order chi connectivity index (χ1) is 14.5. The van der Waals surface area contributed by atoms with Gasteiger partial charge in [0.1, 0.15) is 5.82 Å². The van der Waals surface area contributed by atoms with Crippen LogP contribution in [-0.2, 0) is 19.7 Å². The molecule has 0 amide bonds. The molecule has 0 aliphatic carbocycles. The van der Waals surface area contributed by atoms with Crippen LogP contribution in [0, 0.1) is 32.5 Å². The fraction of sp³-hybridized carbons (Fsp3) is 0.429. The number of ether oxygens (including phenoxy) is 1. The van der Waals surface area contributed by atoms with Gasteiger partial charge in [0.25, 0.3) is 10.2 Å². The number of halogens is 1. The van der Waals surface area contributed by atoms with E-state index in [1.165, 1.54) is 6.07 Å². The van der Waals surface area contributed by atoms with Gasteiger partial charge < -0.3 is 9.30 Å². The Morgan fingerprint density at radius 3 is 2.39 bits per heavy atom. The molecule has 1 aromatic heterocycles. The lowest BCUT2D eigenvalue weighted by Gasteiger charge is -2.28. The van der Waals surface area contributed by atoms with Crippen molar-refractivity contribution >= 4 is 22.0 Å². The Kier molecular flexibility index (Phi) is 6.63. The molecule has 0 atom stereocenters. The Hall–Kier alpha value is -2.56. The third-order valence-electron chi connectivity index (χ3n) is 5.64. The third kappa shape index (κ3) is 5.03. The normalized spacial score (nSPS) is 15.8. The number of rotatable bonds is 6. The van der Waals surface area contributed by atoms with Crippen molar-refractivity contribution in [2.24, 2.45) is 11.1 Å². The molecule has 1 saturated heterocycles. The monoisotopic (exact) mass is 451 g/mol. The minimum Gasteiger partial charge on any atom is -0.457 e. The highest BCUT2D eigenvalue weighted by Crippen LogP contribution is 2.24. The van der Waals surface area contributed by atoms with Crippen LogP contribution in [0.3, 0.4) is 0 Å². The first kappa shape index (κ1) is 23.1. The number of esters is 1. The van der Waals surface area contributed by atoms with E-state index >= 15 is 0 Å². The highest BCUT2D eigenvalue weighted by Gasteiger charge is 2.30. The molecular weight excluding hydrogens is 425 g/mol. The number of Topliss-reactive ketones (excluding diaryl/α,β-unsaturated/α-hetero) is 1. The average molecular weight is 452 g/mol. The minimum absolute atomic E-state index is 0.140. The summed E-state index contributed by atoms with van der Waals surface area (Å²) in [6.45, 7) is 5.11. The molecule has 0 bridgehead atoms. The molecule has 0 radical (unpaired) electrons. The van der Waals surface area contributed by atoms with Crippen molar-refractivity contribution < 1.29 is 27.1 Å². The molecule has 1 aliphatic heterocycles. The van der Waals surface area contributed by atoms with E-state index in [0.29, 0.717) is 22.5 Å². The number of ketones is 1. The minimum atomic E-state index is -3.77. The van der Waals surface area contributed by atoms with E-state index in [1.54, 1.807) is 36.6 Å². The molecule has 1 aromatic carbocycles. The van der Waals surface area contributed by atoms with Gasteiger partial charge in [-0.05, 0) is 57.4 Å². The summed E-state index contributed by atoms with van der Waals surface area (Å²) >= 11 is 0. The maximum Gasteiger partial charge on any atom is 0.309 e. The molecule has 2 heterocycles. The standard InChI is InChI=1S/C21H26FN3O5S/c1-13-4-5-17(11-19(13)22)25-14(2)10-18(15(25)3)20(26)12-30-21(27)16-6-8-24(9-7-16)31(23,28)29/h4-5,10-11,16H,6-9,12H2,1-3H3,(H2,23,28,29). The highest BCUT2D eigenvalue weighted by molar-refractivity contribution is 7.86. The summed E-state index contributed by atoms with van der Waals surface area (Å²) < 4.78 is 44.8. The van der Waals surface area contributed by atoms with E-state index < -0.39 is 28.7 Å². The van der Waals surface area contributed by atoms with Crippen LogP contribution in [-0.4, -0.2) is 48.7 Å². The lowest BCUT2D eigenvalue weighted by Crippen LogP contribution is -2.43. The van der Waals surface area contributed by atoms with Gasteiger partial charge in [0.15, 0.2) is 6.61 Å². The lowest BCUT2D eigenvalue weighted by molar-refractivity contribution is -0.148. The van der Waals surface area contributed by atoms with Crippen molar-refractivity contribution in [2.75, 3.05) is 19.7 Å². The number of nitrogens with two attached hydrogens (primary N) is 1. The van der Waals surface area contributed by atoms with Crippen molar-refractivity contribution in [3.63, 3.8) is 0 Å². The second-order valence-corrected chi connectivity index (χ2v) is 9.35. The summed E-state index contributed by atoms with van der Waals surface area (Å²) in [6, 6.07) is 6.56. The van der Waals surface area contributed by atoms with E-state index in [2.05, 4.69) is 0 Å². The summed E-state index contributed by atoms with van der Waals surface area (Å²) in [4.78, 5) is 25.0. The van der Waals surface area contributed by atoms with Gasteiger partial charge in [-0.1, -0.05) is 6.07 Å². The fourth-order valence-electron chi connectivity index (χ4n) is 3.84. The Labute approximate surface area is 181 Å². The number of hydrogen-bond donors (Lipinski definition) is 1. The summed E-state index contributed by atoms with van der Waals surface area (Å²) in [5, 5.41) is 5.09. The van der Waals surface area contributed by atoms with Gasteiger partial charge >= 0.3 is 5.97 Å². The van der Waals surface area contributed by atoms with Gasteiger partial charge in [0.05, 0.1) is 5.92 Å². The topological polar surface area (TPSA) is 112 Å². The molecule has 10 heteroatoms. The molecule has 0 spiro atoms. The molecule has 8 nitrogen and oxygen atoms in total. The van der Waals surface area contributed by atoms with E-state index in [4.69, 9.17) is 9.88 Å². The average Bonchev–Trinajstić information content (AvgIpc) is 3.01. The number of hydrogen-bond acceptors (Lipinski definition) is 5. The number of piperidine rings is 1. The maximum atomic E-state index is 14.0. The first-order valence-electron chi connectivity index (χ1n) is 9.92. The first-order valence-corrected chi connectivity index (χ1v) is 11.4. The van der Waals surface area contributed by atoms with Crippen LogP contribution in [0.15, 0.2) is 24.3 Å². The zero-order valence-electron chi connectivity index (χ0n) is 17.7. The molecule has 1 fully saturated rings. The molecule has 2 aromatic rings. The van der Waals surface area contributed by atoms with Crippen molar-refractivity contribution in [3.8, 4) is 5.69 Å². The Balaban J connectivity index is 1.65. The predicted molar refractivity (Wildman–Crippen MR) is 113 cm³/mol. The van der Waals surface area contributed by atoms with Crippen LogP contribution in [0.4, 0.5) is 4.39 Å². The number of benzene rings is 1. The second kappa shape index (κ2) is 8.89. The number of nitrogens with zero attached hydrogens (tertiary/aromatic N) is 2. The smallest absolute Gasteiger partial charge is 0.309 e. The van der Waals surface area contributed by atoms with E-state index in [9.17, 15) is 22.4 Å². The van der Waals surface area contributed by atoms with Crippen molar-refractivity contribution in [3.05, 3.63) is 52.6 Å². The Morgan fingerprint density at radius 2 is 1.81 bits per heavy atom. The Bertz CT molecular complexity index is 1120. The number of aromatic nitrogens is 1. The molecule has 0 saturated carbocycles. The van der Waals surface area contributed by atoms with Gasteiger partial charge in [0.2, 0.25) is 5.78 Å². The second-order valence-electron chi connectivity index (χ2n) is 7.80. The number of carbonyl (C=O) groups is 2. The van der Waals surface area contributed by atoms with Crippen LogP contribution in [0.5, 0.6) is 0 Å². The fourth-order valence-corrected chi connectivity index (χ4v) is 4.56.